The summed E-state index contributed by atoms with van der Waals surface area (Å²) in [4.78, 5) is 10.5. The molecule has 3 heterocycles. The third kappa shape index (κ3) is 4.40. The Bertz CT molecular complexity index is 630. The Kier molecular flexibility index (Phi) is 5.80. The second-order valence-corrected chi connectivity index (χ2v) is 8.08. The molecule has 0 amide bonds. The number of hydrogen-bond acceptors (Lipinski definition) is 4. The van der Waals surface area contributed by atoms with E-state index >= 15 is 0 Å². The molecule has 0 aliphatic carbocycles. The van der Waals surface area contributed by atoms with E-state index in [0.29, 0.717) is 0 Å². The van der Waals surface area contributed by atoms with E-state index in [1.165, 1.54) is 9.88 Å². The lowest BCUT2D eigenvalue weighted by Gasteiger charge is -2.37. The van der Waals surface area contributed by atoms with Crippen LogP contribution in [0.3, 0.4) is 0 Å². The Morgan fingerprint density at radius 1 is 1.26 bits per heavy atom. The first-order chi connectivity index (χ1) is 11.3. The molecule has 2 aromatic rings. The van der Waals surface area contributed by atoms with Gasteiger partial charge in [0.15, 0.2) is 5.96 Å². The van der Waals surface area contributed by atoms with E-state index in [0.717, 1.165) is 49.4 Å². The molecule has 0 atom stereocenters. The second kappa shape index (κ2) is 8.04. The number of rotatable bonds is 4. The fourth-order valence-corrected chi connectivity index (χ4v) is 4.58. The summed E-state index contributed by atoms with van der Waals surface area (Å²) in [5.41, 5.74) is 0. The van der Waals surface area contributed by atoms with Crippen LogP contribution in [0.4, 0.5) is 5.00 Å². The van der Waals surface area contributed by atoms with Gasteiger partial charge in [-0.15, -0.1) is 22.7 Å². The smallest absolute Gasteiger partial charge is 0.193 e. The summed E-state index contributed by atoms with van der Waals surface area (Å²) in [5, 5.41) is 6.97. The summed E-state index contributed by atoms with van der Waals surface area (Å²) >= 11 is 9.43. The number of anilines is 1. The Morgan fingerprint density at radius 2 is 2.09 bits per heavy atom. The molecular formula is C16H21ClN4S2. The zero-order chi connectivity index (χ0) is 16.1. The largest absolute Gasteiger partial charge is 0.360 e. The summed E-state index contributed by atoms with van der Waals surface area (Å²) in [6.07, 6.45) is 0.978. The Balaban J connectivity index is 1.46. The van der Waals surface area contributed by atoms with Gasteiger partial charge >= 0.3 is 0 Å². The van der Waals surface area contributed by atoms with Crippen LogP contribution < -0.4 is 10.2 Å². The lowest BCUT2D eigenvalue weighted by Crippen LogP contribution is -2.52. The van der Waals surface area contributed by atoms with E-state index in [2.05, 4.69) is 43.7 Å². The Hall–Kier alpha value is -1.24. The topological polar surface area (TPSA) is 30.9 Å². The number of hydrogen-bond donors (Lipinski definition) is 1. The molecule has 1 aliphatic heterocycles. The molecule has 0 saturated carbocycles. The van der Waals surface area contributed by atoms with Crippen molar-refractivity contribution in [3.05, 3.63) is 38.9 Å². The highest BCUT2D eigenvalue weighted by Crippen LogP contribution is 2.23. The van der Waals surface area contributed by atoms with Crippen molar-refractivity contribution in [2.45, 2.75) is 6.42 Å². The van der Waals surface area contributed by atoms with Gasteiger partial charge in [0.25, 0.3) is 0 Å². The number of nitrogens with one attached hydrogen (secondary N) is 1. The summed E-state index contributed by atoms with van der Waals surface area (Å²) < 4.78 is 0.856. The molecule has 1 fully saturated rings. The van der Waals surface area contributed by atoms with Crippen LogP contribution in [0.5, 0.6) is 0 Å². The molecule has 23 heavy (non-hydrogen) atoms. The molecule has 7 heteroatoms. The molecule has 0 radical (unpaired) electrons. The van der Waals surface area contributed by atoms with E-state index in [4.69, 9.17) is 11.6 Å². The van der Waals surface area contributed by atoms with Crippen molar-refractivity contribution in [1.29, 1.82) is 0 Å². The van der Waals surface area contributed by atoms with Gasteiger partial charge in [0, 0.05) is 44.6 Å². The average molecular weight is 369 g/mol. The first-order valence-electron chi connectivity index (χ1n) is 7.74. The molecule has 1 N–H and O–H groups in total. The molecular weight excluding hydrogens is 348 g/mol. The molecule has 0 spiro atoms. The van der Waals surface area contributed by atoms with Crippen LogP contribution in [0.1, 0.15) is 4.88 Å². The molecule has 1 aliphatic rings. The minimum atomic E-state index is 0.856. The molecule has 0 unspecified atom stereocenters. The highest BCUT2D eigenvalue weighted by molar-refractivity contribution is 7.16. The van der Waals surface area contributed by atoms with Crippen molar-refractivity contribution < 1.29 is 0 Å². The van der Waals surface area contributed by atoms with Gasteiger partial charge in [0.05, 0.1) is 9.34 Å². The lowest BCUT2D eigenvalue weighted by molar-refractivity contribution is 0.374. The van der Waals surface area contributed by atoms with Crippen LogP contribution in [0.25, 0.3) is 0 Å². The first kappa shape index (κ1) is 16.6. The first-order valence-corrected chi connectivity index (χ1v) is 9.82. The molecule has 0 bridgehead atoms. The number of thiophene rings is 2. The van der Waals surface area contributed by atoms with Gasteiger partial charge < -0.3 is 15.1 Å². The summed E-state index contributed by atoms with van der Waals surface area (Å²) in [6.45, 7) is 4.98. The molecule has 124 valence electrons. The maximum absolute atomic E-state index is 5.97. The summed E-state index contributed by atoms with van der Waals surface area (Å²) in [5.74, 6) is 0.999. The molecule has 1 saturated heterocycles. The van der Waals surface area contributed by atoms with Crippen LogP contribution >= 0.6 is 34.3 Å². The maximum Gasteiger partial charge on any atom is 0.193 e. The predicted molar refractivity (Wildman–Crippen MR) is 102 cm³/mol. The zero-order valence-corrected chi connectivity index (χ0v) is 15.6. The lowest BCUT2D eigenvalue weighted by atomic mass is 10.3. The van der Waals surface area contributed by atoms with E-state index in [-0.39, 0.29) is 0 Å². The van der Waals surface area contributed by atoms with E-state index in [1.807, 2.05) is 24.5 Å². The third-order valence-electron chi connectivity index (χ3n) is 3.89. The van der Waals surface area contributed by atoms with E-state index < -0.39 is 0 Å². The van der Waals surface area contributed by atoms with Gasteiger partial charge in [-0.1, -0.05) is 11.6 Å². The minimum absolute atomic E-state index is 0.856. The highest BCUT2D eigenvalue weighted by Gasteiger charge is 2.20. The van der Waals surface area contributed by atoms with Gasteiger partial charge in [-0.2, -0.15) is 0 Å². The average Bonchev–Trinajstić information content (AvgIpc) is 3.24. The minimum Gasteiger partial charge on any atom is -0.360 e. The number of nitrogens with zero attached hydrogens (tertiary/aromatic N) is 3. The summed E-state index contributed by atoms with van der Waals surface area (Å²) in [6, 6.07) is 8.36. The third-order valence-corrected chi connectivity index (χ3v) is 6.11. The SMILES string of the molecule is CN=C(NCCc1ccc(Cl)s1)N1CCN(c2cccs2)CC1. The van der Waals surface area contributed by atoms with Gasteiger partial charge in [0.1, 0.15) is 0 Å². The fraction of sp³-hybridized carbons (Fsp3) is 0.438. The number of aliphatic imine (C=N–C) groups is 1. The molecule has 3 rings (SSSR count). The van der Waals surface area contributed by atoms with Gasteiger partial charge in [-0.3, -0.25) is 4.99 Å². The molecule has 0 aromatic carbocycles. The van der Waals surface area contributed by atoms with Gasteiger partial charge in [-0.25, -0.2) is 0 Å². The summed E-state index contributed by atoms with van der Waals surface area (Å²) in [7, 11) is 1.86. The van der Waals surface area contributed by atoms with E-state index in [9.17, 15) is 0 Å². The number of guanidine groups is 1. The van der Waals surface area contributed by atoms with Crippen LogP contribution in [0.2, 0.25) is 4.34 Å². The number of piperazine rings is 1. The van der Waals surface area contributed by atoms with Gasteiger partial charge in [0.2, 0.25) is 0 Å². The monoisotopic (exact) mass is 368 g/mol. The van der Waals surface area contributed by atoms with Crippen LogP contribution in [-0.4, -0.2) is 50.6 Å². The second-order valence-electron chi connectivity index (χ2n) is 5.36. The number of halogens is 1. The van der Waals surface area contributed by atoms with Crippen LogP contribution in [-0.2, 0) is 6.42 Å². The van der Waals surface area contributed by atoms with Crippen molar-refractivity contribution in [3.63, 3.8) is 0 Å². The van der Waals surface area contributed by atoms with Crippen molar-refractivity contribution in [2.24, 2.45) is 4.99 Å². The zero-order valence-electron chi connectivity index (χ0n) is 13.2. The van der Waals surface area contributed by atoms with Crippen LogP contribution in [0.15, 0.2) is 34.6 Å². The van der Waals surface area contributed by atoms with Crippen molar-refractivity contribution in [2.75, 3.05) is 44.7 Å². The molecule has 4 nitrogen and oxygen atoms in total. The van der Waals surface area contributed by atoms with Crippen molar-refractivity contribution in [3.8, 4) is 0 Å². The van der Waals surface area contributed by atoms with Gasteiger partial charge in [-0.05, 0) is 36.1 Å². The standard InChI is InChI=1S/C16H21ClN4S2/c1-18-16(19-7-6-13-4-5-14(17)23-13)21-10-8-20(9-11-21)15-3-2-12-22-15/h2-5,12H,6-11H2,1H3,(H,18,19). The maximum atomic E-state index is 5.97. The van der Waals surface area contributed by atoms with Crippen molar-refractivity contribution >= 4 is 45.2 Å². The highest BCUT2D eigenvalue weighted by atomic mass is 35.5. The molecule has 2 aromatic heterocycles. The van der Waals surface area contributed by atoms with E-state index in [1.54, 1.807) is 11.3 Å². The Labute approximate surface area is 150 Å². The quantitative estimate of drug-likeness (QED) is 0.662. The Morgan fingerprint density at radius 3 is 2.70 bits per heavy atom. The predicted octanol–water partition coefficient (Wildman–Crippen LogP) is 3.40. The normalized spacial score (nSPS) is 16.0. The van der Waals surface area contributed by atoms with Crippen molar-refractivity contribution in [1.82, 2.24) is 10.2 Å². The van der Waals surface area contributed by atoms with Crippen LogP contribution in [0, 0.1) is 0 Å². The fourth-order valence-electron chi connectivity index (χ4n) is 2.70.